The van der Waals surface area contributed by atoms with Gasteiger partial charge in [0.25, 0.3) is 0 Å². The summed E-state index contributed by atoms with van der Waals surface area (Å²) >= 11 is 0. The molecule has 0 aromatic carbocycles. The van der Waals surface area contributed by atoms with Crippen LogP contribution in [0, 0.1) is 5.92 Å². The van der Waals surface area contributed by atoms with Gasteiger partial charge >= 0.3 is 0 Å². The van der Waals surface area contributed by atoms with Crippen LogP contribution in [0.4, 0.5) is 0 Å². The van der Waals surface area contributed by atoms with Gasteiger partial charge in [-0.25, -0.2) is 0 Å². The Morgan fingerprint density at radius 1 is 1.22 bits per heavy atom. The minimum Gasteiger partial charge on any atom is -0.357 e. The first-order valence-corrected chi connectivity index (χ1v) is 9.43. The molecule has 1 aliphatic rings. The number of amides is 1. The largest absolute Gasteiger partial charge is 0.357 e. The van der Waals surface area contributed by atoms with Crippen molar-refractivity contribution in [2.45, 2.75) is 65.7 Å². The zero-order valence-electron chi connectivity index (χ0n) is 15.4. The van der Waals surface area contributed by atoms with Crippen LogP contribution >= 0.6 is 0 Å². The van der Waals surface area contributed by atoms with Crippen LogP contribution < -0.4 is 10.6 Å². The van der Waals surface area contributed by atoms with Crippen LogP contribution in [0.25, 0.3) is 0 Å². The number of aliphatic imine (C=N–C) groups is 1. The predicted octanol–water partition coefficient (Wildman–Crippen LogP) is 2.77. The van der Waals surface area contributed by atoms with Crippen molar-refractivity contribution in [3.8, 4) is 0 Å². The highest BCUT2D eigenvalue weighted by Gasteiger charge is 2.15. The fraction of sp³-hybridized carbons (Fsp3) is 0.889. The Morgan fingerprint density at radius 2 is 2.04 bits per heavy atom. The predicted molar refractivity (Wildman–Crippen MR) is 97.7 cm³/mol. The van der Waals surface area contributed by atoms with Gasteiger partial charge in [0.15, 0.2) is 5.96 Å². The summed E-state index contributed by atoms with van der Waals surface area (Å²) in [4.78, 5) is 18.6. The maximum Gasteiger partial charge on any atom is 0.222 e. The molecule has 1 heterocycles. The Labute approximate surface area is 142 Å². The van der Waals surface area contributed by atoms with Gasteiger partial charge in [-0.15, -0.1) is 0 Å². The van der Waals surface area contributed by atoms with Crippen LogP contribution in [0.3, 0.4) is 0 Å². The summed E-state index contributed by atoms with van der Waals surface area (Å²) in [6, 6.07) is 0. The van der Waals surface area contributed by atoms with Crippen molar-refractivity contribution in [3.63, 3.8) is 0 Å². The number of hydrogen-bond acceptors (Lipinski definition) is 2. The summed E-state index contributed by atoms with van der Waals surface area (Å²) in [5.41, 5.74) is 0. The van der Waals surface area contributed by atoms with Gasteiger partial charge in [-0.3, -0.25) is 9.79 Å². The van der Waals surface area contributed by atoms with Crippen LogP contribution in [-0.2, 0) is 4.79 Å². The van der Waals surface area contributed by atoms with Gasteiger partial charge in [-0.1, -0.05) is 20.3 Å². The quantitative estimate of drug-likeness (QED) is 0.389. The normalized spacial score (nSPS) is 16.6. The maximum atomic E-state index is 11.9. The number of likely N-dealkylation sites (tertiary alicyclic amines) is 1. The lowest BCUT2D eigenvalue weighted by molar-refractivity contribution is -0.130. The Kier molecular flexibility index (Phi) is 10.5. The van der Waals surface area contributed by atoms with E-state index < -0.39 is 0 Å². The van der Waals surface area contributed by atoms with E-state index in [2.05, 4.69) is 36.4 Å². The lowest BCUT2D eigenvalue weighted by atomic mass is 10.1. The minimum absolute atomic E-state index is 0.324. The number of carbonyl (C=O) groups excluding carboxylic acids is 1. The molecule has 23 heavy (non-hydrogen) atoms. The average molecular weight is 325 g/mol. The van der Waals surface area contributed by atoms with E-state index in [1.165, 1.54) is 19.3 Å². The lowest BCUT2D eigenvalue weighted by Crippen LogP contribution is -2.38. The summed E-state index contributed by atoms with van der Waals surface area (Å²) in [5, 5.41) is 6.68. The van der Waals surface area contributed by atoms with Crippen LogP contribution in [-0.4, -0.2) is 49.5 Å². The van der Waals surface area contributed by atoms with Gasteiger partial charge in [-0.05, 0) is 44.9 Å². The monoisotopic (exact) mass is 324 g/mol. The fourth-order valence-corrected chi connectivity index (χ4v) is 2.79. The maximum absolute atomic E-state index is 11.9. The van der Waals surface area contributed by atoms with Gasteiger partial charge in [0, 0.05) is 39.1 Å². The van der Waals surface area contributed by atoms with E-state index in [1.807, 2.05) is 4.90 Å². The molecule has 5 heteroatoms. The standard InChI is InChI=1S/C18H36N4O/c1-4-19-18(20-12-8-10-16(2)3)21-13-9-15-22-14-7-5-6-11-17(22)23/h16H,4-15H2,1-3H3,(H2,19,20,21). The summed E-state index contributed by atoms with van der Waals surface area (Å²) in [5.74, 6) is 1.98. The molecule has 0 aliphatic carbocycles. The molecule has 0 radical (unpaired) electrons. The second kappa shape index (κ2) is 12.2. The fourth-order valence-electron chi connectivity index (χ4n) is 2.79. The molecule has 2 N–H and O–H groups in total. The van der Waals surface area contributed by atoms with Crippen molar-refractivity contribution in [2.24, 2.45) is 10.9 Å². The van der Waals surface area contributed by atoms with E-state index in [0.717, 1.165) is 70.3 Å². The number of nitrogens with zero attached hydrogens (tertiary/aromatic N) is 2. The summed E-state index contributed by atoms with van der Waals surface area (Å²) in [7, 11) is 0. The van der Waals surface area contributed by atoms with Crippen LogP contribution in [0.15, 0.2) is 4.99 Å². The van der Waals surface area contributed by atoms with Gasteiger partial charge in [0.2, 0.25) is 5.91 Å². The molecule has 0 atom stereocenters. The Morgan fingerprint density at radius 3 is 2.78 bits per heavy atom. The van der Waals surface area contributed by atoms with Gasteiger partial charge in [0.1, 0.15) is 0 Å². The van der Waals surface area contributed by atoms with Gasteiger partial charge in [0.05, 0.1) is 0 Å². The number of guanidine groups is 1. The molecule has 5 nitrogen and oxygen atoms in total. The molecular formula is C18H36N4O. The first kappa shape index (κ1) is 19.8. The topological polar surface area (TPSA) is 56.7 Å². The number of hydrogen-bond donors (Lipinski definition) is 2. The SMILES string of the molecule is CCNC(=NCCCN1CCCCCC1=O)NCCCC(C)C. The van der Waals surface area contributed by atoms with E-state index in [4.69, 9.17) is 0 Å². The highest BCUT2D eigenvalue weighted by Crippen LogP contribution is 2.11. The molecule has 0 aromatic heterocycles. The molecule has 0 spiro atoms. The molecule has 0 saturated carbocycles. The first-order chi connectivity index (χ1) is 11.1. The molecule has 1 aliphatic heterocycles. The molecule has 0 aromatic rings. The zero-order valence-corrected chi connectivity index (χ0v) is 15.4. The van der Waals surface area contributed by atoms with Gasteiger partial charge in [-0.2, -0.15) is 0 Å². The van der Waals surface area contributed by atoms with Crippen molar-refractivity contribution in [3.05, 3.63) is 0 Å². The Balaban J connectivity index is 2.25. The molecule has 0 unspecified atom stereocenters. The lowest BCUT2D eigenvalue weighted by Gasteiger charge is -2.20. The van der Waals surface area contributed by atoms with Crippen LogP contribution in [0.2, 0.25) is 0 Å². The summed E-state index contributed by atoms with van der Waals surface area (Å²) < 4.78 is 0. The Hall–Kier alpha value is -1.26. The number of nitrogens with one attached hydrogen (secondary N) is 2. The molecule has 1 amide bonds. The van der Waals surface area contributed by atoms with Crippen molar-refractivity contribution < 1.29 is 4.79 Å². The van der Waals surface area contributed by atoms with Gasteiger partial charge < -0.3 is 15.5 Å². The first-order valence-electron chi connectivity index (χ1n) is 9.43. The van der Waals surface area contributed by atoms with Crippen LogP contribution in [0.1, 0.15) is 65.7 Å². The minimum atomic E-state index is 0.324. The third-order valence-electron chi connectivity index (χ3n) is 4.12. The zero-order chi connectivity index (χ0) is 16.9. The van der Waals surface area contributed by atoms with E-state index in [0.29, 0.717) is 5.91 Å². The molecule has 1 fully saturated rings. The third kappa shape index (κ3) is 9.47. The van der Waals surface area contributed by atoms with Crippen molar-refractivity contribution in [1.29, 1.82) is 0 Å². The molecular weight excluding hydrogens is 288 g/mol. The van der Waals surface area contributed by atoms with Crippen molar-refractivity contribution in [2.75, 3.05) is 32.7 Å². The smallest absolute Gasteiger partial charge is 0.222 e. The van der Waals surface area contributed by atoms with E-state index in [1.54, 1.807) is 0 Å². The van der Waals surface area contributed by atoms with E-state index in [9.17, 15) is 4.79 Å². The highest BCUT2D eigenvalue weighted by molar-refractivity contribution is 5.79. The second-order valence-corrected chi connectivity index (χ2v) is 6.77. The Bertz CT molecular complexity index is 355. The van der Waals surface area contributed by atoms with Crippen molar-refractivity contribution >= 4 is 11.9 Å². The summed E-state index contributed by atoms with van der Waals surface area (Å²) in [6.45, 7) is 11.0. The highest BCUT2D eigenvalue weighted by atomic mass is 16.2. The third-order valence-corrected chi connectivity index (χ3v) is 4.12. The molecule has 134 valence electrons. The number of rotatable bonds is 9. The van der Waals surface area contributed by atoms with Crippen LogP contribution in [0.5, 0.6) is 0 Å². The van der Waals surface area contributed by atoms with E-state index in [-0.39, 0.29) is 0 Å². The van der Waals surface area contributed by atoms with E-state index >= 15 is 0 Å². The molecule has 1 saturated heterocycles. The molecule has 1 rings (SSSR count). The average Bonchev–Trinajstić information content (AvgIpc) is 2.72. The van der Waals surface area contributed by atoms with Crippen molar-refractivity contribution in [1.82, 2.24) is 15.5 Å². The second-order valence-electron chi connectivity index (χ2n) is 6.77. The number of carbonyl (C=O) groups is 1. The summed E-state index contributed by atoms with van der Waals surface area (Å²) in [6.07, 6.45) is 7.46. The molecule has 0 bridgehead atoms.